The van der Waals surface area contributed by atoms with Gasteiger partial charge in [0.15, 0.2) is 5.82 Å². The van der Waals surface area contributed by atoms with Gasteiger partial charge in [-0.05, 0) is 31.9 Å². The summed E-state index contributed by atoms with van der Waals surface area (Å²) in [4.78, 5) is 8.77. The summed E-state index contributed by atoms with van der Waals surface area (Å²) in [5, 5.41) is 0.0461. The lowest BCUT2D eigenvalue weighted by Crippen LogP contribution is -2.13. The molecule has 0 amide bonds. The van der Waals surface area contributed by atoms with Gasteiger partial charge in [0.05, 0.1) is 10.6 Å². The molecule has 1 fully saturated rings. The molecule has 7 heteroatoms. The van der Waals surface area contributed by atoms with Crippen LogP contribution in [0.4, 0.5) is 10.2 Å². The molecule has 1 heterocycles. The first kappa shape index (κ1) is 14.0. The number of ether oxygens (including phenoxy) is 1. The lowest BCUT2D eigenvalue weighted by Gasteiger charge is -2.12. The van der Waals surface area contributed by atoms with Gasteiger partial charge in [-0.25, -0.2) is 15.2 Å². The summed E-state index contributed by atoms with van der Waals surface area (Å²) >= 11 is 5.65. The molecule has 0 unspecified atom stereocenters. The van der Waals surface area contributed by atoms with Crippen LogP contribution >= 0.6 is 11.6 Å². The van der Waals surface area contributed by atoms with Crippen molar-refractivity contribution in [3.05, 3.63) is 40.4 Å². The van der Waals surface area contributed by atoms with Crippen LogP contribution in [0.1, 0.15) is 30.1 Å². The molecule has 21 heavy (non-hydrogen) atoms. The first-order valence-corrected chi connectivity index (χ1v) is 6.94. The van der Waals surface area contributed by atoms with Gasteiger partial charge >= 0.3 is 0 Å². The molecule has 0 saturated heterocycles. The number of nitrogens with two attached hydrogens (primary N) is 1. The number of hydrogen-bond donors (Lipinski definition) is 2. The van der Waals surface area contributed by atoms with Crippen molar-refractivity contribution in [2.45, 2.75) is 25.7 Å². The predicted octanol–water partition coefficient (Wildman–Crippen LogP) is 3.53. The van der Waals surface area contributed by atoms with Crippen LogP contribution in [-0.4, -0.2) is 9.97 Å². The van der Waals surface area contributed by atoms with Gasteiger partial charge in [-0.2, -0.15) is 4.98 Å². The van der Waals surface area contributed by atoms with E-state index >= 15 is 0 Å². The second-order valence-electron chi connectivity index (χ2n) is 4.96. The summed E-state index contributed by atoms with van der Waals surface area (Å²) in [5.74, 6) is 7.17. The summed E-state index contributed by atoms with van der Waals surface area (Å²) in [7, 11) is 0. The van der Waals surface area contributed by atoms with Gasteiger partial charge in [0.25, 0.3) is 0 Å². The standard InChI is InChI=1S/C14H14ClFN4O/c1-7-12(20-17)18-13(8-2-3-8)19-14(7)21-9-4-5-10(15)11(16)6-9/h4-6,8H,2-3,17H2,1H3,(H,18,19,20). The van der Waals surface area contributed by atoms with E-state index in [4.69, 9.17) is 22.2 Å². The van der Waals surface area contributed by atoms with E-state index in [1.165, 1.54) is 12.1 Å². The highest BCUT2D eigenvalue weighted by Crippen LogP contribution is 2.40. The van der Waals surface area contributed by atoms with Crippen molar-refractivity contribution < 1.29 is 9.13 Å². The van der Waals surface area contributed by atoms with Crippen molar-refractivity contribution in [3.8, 4) is 11.6 Å². The van der Waals surface area contributed by atoms with E-state index in [1.54, 1.807) is 13.0 Å². The van der Waals surface area contributed by atoms with Crippen molar-refractivity contribution in [2.24, 2.45) is 5.84 Å². The van der Waals surface area contributed by atoms with E-state index in [-0.39, 0.29) is 5.02 Å². The van der Waals surface area contributed by atoms with Crippen LogP contribution in [0.2, 0.25) is 5.02 Å². The van der Waals surface area contributed by atoms with Crippen molar-refractivity contribution in [1.82, 2.24) is 9.97 Å². The van der Waals surface area contributed by atoms with E-state index in [0.717, 1.165) is 12.8 Å². The zero-order valence-corrected chi connectivity index (χ0v) is 12.1. The Bertz CT molecular complexity index is 691. The monoisotopic (exact) mass is 308 g/mol. The largest absolute Gasteiger partial charge is 0.438 e. The van der Waals surface area contributed by atoms with Gasteiger partial charge < -0.3 is 10.2 Å². The van der Waals surface area contributed by atoms with E-state index in [1.807, 2.05) is 0 Å². The number of hydrazine groups is 1. The molecule has 110 valence electrons. The van der Waals surface area contributed by atoms with Crippen LogP contribution in [0.5, 0.6) is 11.6 Å². The van der Waals surface area contributed by atoms with Crippen LogP contribution in [0.15, 0.2) is 18.2 Å². The fourth-order valence-corrected chi connectivity index (χ4v) is 2.05. The first-order chi connectivity index (χ1) is 10.1. The van der Waals surface area contributed by atoms with Crippen molar-refractivity contribution in [2.75, 3.05) is 5.43 Å². The topological polar surface area (TPSA) is 73.1 Å². The quantitative estimate of drug-likeness (QED) is 0.667. The van der Waals surface area contributed by atoms with E-state index in [9.17, 15) is 4.39 Å². The Labute approximate surface area is 126 Å². The van der Waals surface area contributed by atoms with Crippen LogP contribution < -0.4 is 16.0 Å². The summed E-state index contributed by atoms with van der Waals surface area (Å²) < 4.78 is 19.1. The predicted molar refractivity (Wildman–Crippen MR) is 78.0 cm³/mol. The molecule has 3 N–H and O–H groups in total. The highest BCUT2D eigenvalue weighted by Gasteiger charge is 2.28. The third-order valence-electron chi connectivity index (χ3n) is 3.30. The first-order valence-electron chi connectivity index (χ1n) is 6.56. The maximum Gasteiger partial charge on any atom is 0.227 e. The molecule has 3 rings (SSSR count). The second kappa shape index (κ2) is 5.46. The smallest absolute Gasteiger partial charge is 0.227 e. The molecule has 0 aliphatic heterocycles. The number of nitrogens with one attached hydrogen (secondary N) is 1. The average Bonchev–Trinajstić information content (AvgIpc) is 3.29. The third-order valence-corrected chi connectivity index (χ3v) is 3.61. The highest BCUT2D eigenvalue weighted by atomic mass is 35.5. The number of benzene rings is 1. The number of nitrogen functional groups attached to an aromatic ring is 1. The zero-order valence-electron chi connectivity index (χ0n) is 11.4. The number of anilines is 1. The maximum atomic E-state index is 13.5. The van der Waals surface area contributed by atoms with Crippen molar-refractivity contribution >= 4 is 17.4 Å². The minimum atomic E-state index is -0.541. The molecule has 0 atom stereocenters. The fraction of sp³-hybridized carbons (Fsp3) is 0.286. The summed E-state index contributed by atoms with van der Waals surface area (Å²) in [6, 6.07) is 4.24. The van der Waals surface area contributed by atoms with Crippen molar-refractivity contribution in [3.63, 3.8) is 0 Å². The normalized spacial score (nSPS) is 14.1. The Hall–Kier alpha value is -1.92. The SMILES string of the molecule is Cc1c(NN)nc(C2CC2)nc1Oc1ccc(Cl)c(F)c1. The number of halogens is 2. The van der Waals surface area contributed by atoms with E-state index in [2.05, 4.69) is 15.4 Å². The highest BCUT2D eigenvalue weighted by molar-refractivity contribution is 6.30. The lowest BCUT2D eigenvalue weighted by molar-refractivity contribution is 0.450. The molecular formula is C14H14ClFN4O. The Morgan fingerprint density at radius 3 is 2.76 bits per heavy atom. The van der Waals surface area contributed by atoms with Gasteiger partial charge in [0.1, 0.15) is 17.4 Å². The Morgan fingerprint density at radius 1 is 1.38 bits per heavy atom. The third kappa shape index (κ3) is 2.91. The Kier molecular flexibility index (Phi) is 3.65. The van der Waals surface area contributed by atoms with Gasteiger partial charge in [0, 0.05) is 12.0 Å². The lowest BCUT2D eigenvalue weighted by atomic mass is 10.3. The summed E-state index contributed by atoms with van der Waals surface area (Å²) in [6.07, 6.45) is 2.12. The minimum absolute atomic E-state index is 0.0461. The van der Waals surface area contributed by atoms with Crippen LogP contribution in [0.3, 0.4) is 0 Å². The van der Waals surface area contributed by atoms with Crippen molar-refractivity contribution in [1.29, 1.82) is 0 Å². The molecule has 1 aliphatic rings. The molecule has 0 bridgehead atoms. The number of nitrogens with zero attached hydrogens (tertiary/aromatic N) is 2. The van der Waals surface area contributed by atoms with Crippen LogP contribution in [0.25, 0.3) is 0 Å². The molecule has 1 saturated carbocycles. The molecule has 1 aliphatic carbocycles. The number of hydrogen-bond acceptors (Lipinski definition) is 5. The Balaban J connectivity index is 1.96. The van der Waals surface area contributed by atoms with Gasteiger partial charge in [-0.15, -0.1) is 0 Å². The number of rotatable bonds is 4. The number of aromatic nitrogens is 2. The second-order valence-corrected chi connectivity index (χ2v) is 5.36. The summed E-state index contributed by atoms with van der Waals surface area (Å²) in [6.45, 7) is 1.79. The van der Waals surface area contributed by atoms with Crippen LogP contribution in [-0.2, 0) is 0 Å². The average molecular weight is 309 g/mol. The molecule has 5 nitrogen and oxygen atoms in total. The fourth-order valence-electron chi connectivity index (χ4n) is 1.93. The van der Waals surface area contributed by atoms with Gasteiger partial charge in [-0.3, -0.25) is 0 Å². The van der Waals surface area contributed by atoms with Crippen LogP contribution in [0, 0.1) is 12.7 Å². The summed E-state index contributed by atoms with van der Waals surface area (Å²) in [5.41, 5.74) is 3.20. The minimum Gasteiger partial charge on any atom is -0.438 e. The van der Waals surface area contributed by atoms with Gasteiger partial charge in [0.2, 0.25) is 5.88 Å². The van der Waals surface area contributed by atoms with E-state index < -0.39 is 5.82 Å². The molecule has 1 aromatic carbocycles. The molecule has 0 radical (unpaired) electrons. The molecular weight excluding hydrogens is 295 g/mol. The molecule has 0 spiro atoms. The molecule has 1 aromatic heterocycles. The van der Waals surface area contributed by atoms with E-state index in [0.29, 0.717) is 34.8 Å². The Morgan fingerprint density at radius 2 is 2.14 bits per heavy atom. The maximum absolute atomic E-state index is 13.5. The zero-order chi connectivity index (χ0) is 15.0. The molecule has 2 aromatic rings. The van der Waals surface area contributed by atoms with Gasteiger partial charge in [-0.1, -0.05) is 11.6 Å².